The first kappa shape index (κ1) is 24.5. The minimum absolute atomic E-state index is 0.0269. The summed E-state index contributed by atoms with van der Waals surface area (Å²) in [5, 5.41) is 11.5. The molecule has 0 radical (unpaired) electrons. The fraction of sp³-hybridized carbons (Fsp3) is 0.333. The number of furan rings is 1. The summed E-state index contributed by atoms with van der Waals surface area (Å²) < 4.78 is 5.68. The van der Waals surface area contributed by atoms with Crippen LogP contribution in [0.5, 0.6) is 0 Å². The van der Waals surface area contributed by atoms with E-state index in [-0.39, 0.29) is 22.2 Å². The van der Waals surface area contributed by atoms with Crippen LogP contribution in [0.2, 0.25) is 0 Å². The maximum absolute atomic E-state index is 13.4. The van der Waals surface area contributed by atoms with E-state index in [2.05, 4.69) is 41.5 Å². The van der Waals surface area contributed by atoms with Crippen LogP contribution in [0.3, 0.4) is 0 Å². The van der Waals surface area contributed by atoms with Crippen LogP contribution in [-0.2, 0) is 20.4 Å². The lowest BCUT2D eigenvalue weighted by molar-refractivity contribution is -0.132. The van der Waals surface area contributed by atoms with E-state index in [0.717, 1.165) is 16.7 Å². The quantitative estimate of drug-likeness (QED) is 0.259. The monoisotopic (exact) mass is 471 g/mol. The van der Waals surface area contributed by atoms with Crippen LogP contribution in [-0.4, -0.2) is 16.8 Å². The molecular formula is C30H33NO4. The third kappa shape index (κ3) is 4.43. The summed E-state index contributed by atoms with van der Waals surface area (Å²) in [4.78, 5) is 28.1. The van der Waals surface area contributed by atoms with E-state index in [1.807, 2.05) is 49.4 Å². The first-order chi connectivity index (χ1) is 16.3. The molecule has 1 N–H and O–H groups in total. The van der Waals surface area contributed by atoms with Crippen molar-refractivity contribution in [3.05, 3.63) is 94.4 Å². The van der Waals surface area contributed by atoms with Crippen LogP contribution in [0, 0.1) is 6.92 Å². The number of hydrogen-bond donors (Lipinski definition) is 1. The molecule has 4 rings (SSSR count). The van der Waals surface area contributed by atoms with E-state index < -0.39 is 17.7 Å². The highest BCUT2D eigenvalue weighted by molar-refractivity contribution is 6.51. The second-order valence-electron chi connectivity index (χ2n) is 11.3. The van der Waals surface area contributed by atoms with Crippen LogP contribution >= 0.6 is 0 Å². The molecule has 1 atom stereocenters. The summed E-state index contributed by atoms with van der Waals surface area (Å²) in [5.74, 6) is -1.21. The highest BCUT2D eigenvalue weighted by Gasteiger charge is 2.48. The Morgan fingerprint density at radius 3 is 2.03 bits per heavy atom. The molecule has 5 nitrogen and oxygen atoms in total. The van der Waals surface area contributed by atoms with Crippen LogP contribution in [0.15, 0.2) is 70.9 Å². The summed E-state index contributed by atoms with van der Waals surface area (Å²) in [6.07, 6.45) is 1.50. The van der Waals surface area contributed by atoms with Crippen molar-refractivity contribution in [2.45, 2.75) is 65.3 Å². The zero-order valence-corrected chi connectivity index (χ0v) is 21.5. The molecule has 0 bridgehead atoms. The van der Waals surface area contributed by atoms with E-state index >= 15 is 0 Å². The van der Waals surface area contributed by atoms with Crippen molar-refractivity contribution in [1.29, 1.82) is 0 Å². The average Bonchev–Trinajstić information content (AvgIpc) is 3.39. The maximum Gasteiger partial charge on any atom is 0.300 e. The third-order valence-electron chi connectivity index (χ3n) is 6.63. The van der Waals surface area contributed by atoms with E-state index in [9.17, 15) is 14.7 Å². The number of benzene rings is 2. The molecule has 35 heavy (non-hydrogen) atoms. The zero-order chi connectivity index (χ0) is 25.7. The zero-order valence-electron chi connectivity index (χ0n) is 21.5. The number of carbonyl (C=O) groups excluding carboxylic acids is 2. The fourth-order valence-electron chi connectivity index (χ4n) is 4.43. The normalized spacial score (nSPS) is 18.4. The molecule has 1 aliphatic heterocycles. The molecule has 0 saturated carbocycles. The first-order valence-electron chi connectivity index (χ1n) is 11.9. The Morgan fingerprint density at radius 1 is 0.886 bits per heavy atom. The van der Waals surface area contributed by atoms with Crippen molar-refractivity contribution in [1.82, 2.24) is 0 Å². The molecule has 1 aliphatic rings. The molecule has 1 aromatic heterocycles. The lowest BCUT2D eigenvalue weighted by Gasteiger charge is -2.25. The lowest BCUT2D eigenvalue weighted by Crippen LogP contribution is -2.29. The van der Waals surface area contributed by atoms with Crippen LogP contribution in [0.25, 0.3) is 5.76 Å². The predicted molar refractivity (Wildman–Crippen MR) is 139 cm³/mol. The summed E-state index contributed by atoms with van der Waals surface area (Å²) in [5.41, 5.74) is 3.88. The van der Waals surface area contributed by atoms with Gasteiger partial charge >= 0.3 is 0 Å². The summed E-state index contributed by atoms with van der Waals surface area (Å²) >= 11 is 0. The number of Topliss-reactive ketones (excluding diaryl/α,β-unsaturated/α-hetero) is 1. The highest BCUT2D eigenvalue weighted by Crippen LogP contribution is 2.43. The number of aliphatic hydroxyl groups is 1. The van der Waals surface area contributed by atoms with E-state index in [1.54, 1.807) is 12.1 Å². The molecule has 2 heterocycles. The second kappa shape index (κ2) is 8.56. The van der Waals surface area contributed by atoms with Gasteiger partial charge in [-0.3, -0.25) is 14.5 Å². The molecule has 3 aromatic rings. The molecule has 1 saturated heterocycles. The number of carbonyl (C=O) groups is 2. The molecule has 5 heteroatoms. The molecule has 1 unspecified atom stereocenters. The van der Waals surface area contributed by atoms with Gasteiger partial charge in [0.15, 0.2) is 0 Å². The number of anilines is 1. The van der Waals surface area contributed by atoms with Gasteiger partial charge in [0.25, 0.3) is 11.7 Å². The van der Waals surface area contributed by atoms with Crippen molar-refractivity contribution < 1.29 is 19.1 Å². The number of aryl methyl sites for hydroxylation is 1. The number of ketones is 1. The van der Waals surface area contributed by atoms with Gasteiger partial charge < -0.3 is 9.52 Å². The Hall–Kier alpha value is -3.60. The van der Waals surface area contributed by atoms with E-state index in [0.29, 0.717) is 17.0 Å². The van der Waals surface area contributed by atoms with Gasteiger partial charge in [-0.25, -0.2) is 0 Å². The Balaban J connectivity index is 1.91. The Morgan fingerprint density at radius 2 is 1.49 bits per heavy atom. The molecular weight excluding hydrogens is 438 g/mol. The number of amides is 1. The summed E-state index contributed by atoms with van der Waals surface area (Å²) in [7, 11) is 0. The van der Waals surface area contributed by atoms with Crippen molar-refractivity contribution >= 4 is 23.1 Å². The van der Waals surface area contributed by atoms with Crippen molar-refractivity contribution in [2.75, 3.05) is 4.90 Å². The maximum atomic E-state index is 13.4. The van der Waals surface area contributed by atoms with Gasteiger partial charge in [-0.1, -0.05) is 65.8 Å². The van der Waals surface area contributed by atoms with Crippen molar-refractivity contribution in [3.63, 3.8) is 0 Å². The van der Waals surface area contributed by atoms with E-state index in [1.165, 1.54) is 11.2 Å². The van der Waals surface area contributed by atoms with Gasteiger partial charge in [0.05, 0.1) is 11.8 Å². The van der Waals surface area contributed by atoms with Gasteiger partial charge in [-0.15, -0.1) is 0 Å². The van der Waals surface area contributed by atoms with Crippen LogP contribution in [0.4, 0.5) is 5.69 Å². The number of rotatable bonds is 3. The summed E-state index contributed by atoms with van der Waals surface area (Å²) in [6, 6.07) is 16.0. The van der Waals surface area contributed by atoms with Gasteiger partial charge in [0.2, 0.25) is 0 Å². The molecule has 0 aliphatic carbocycles. The number of nitrogens with zero attached hydrogens (tertiary/aromatic N) is 1. The van der Waals surface area contributed by atoms with Crippen LogP contribution < -0.4 is 4.90 Å². The predicted octanol–water partition coefficient (Wildman–Crippen LogP) is 6.81. The highest BCUT2D eigenvalue weighted by atomic mass is 16.3. The molecule has 0 spiro atoms. The lowest BCUT2D eigenvalue weighted by atomic mass is 9.84. The van der Waals surface area contributed by atoms with Gasteiger partial charge in [-0.2, -0.15) is 0 Å². The van der Waals surface area contributed by atoms with Crippen LogP contribution in [0.1, 0.15) is 75.6 Å². The number of aliphatic hydroxyl groups excluding tert-OH is 1. The van der Waals surface area contributed by atoms with Crippen molar-refractivity contribution in [2.24, 2.45) is 0 Å². The van der Waals surface area contributed by atoms with E-state index in [4.69, 9.17) is 4.42 Å². The van der Waals surface area contributed by atoms with Gasteiger partial charge in [0, 0.05) is 11.3 Å². The topological polar surface area (TPSA) is 70.8 Å². The minimum Gasteiger partial charge on any atom is -0.507 e. The standard InChI is InChI=1S/C30H33NO4/c1-18-10-11-20(30(5,6)7)17-22(18)26(32)24-25(23-9-8-16-35-23)31(28(34)27(24)33)21-14-12-19(13-15-21)29(2,3)4/h8-17,25,32H,1-7H3/b26-24+. The first-order valence-corrected chi connectivity index (χ1v) is 11.9. The molecule has 2 aromatic carbocycles. The molecule has 1 fully saturated rings. The molecule has 182 valence electrons. The average molecular weight is 472 g/mol. The van der Waals surface area contributed by atoms with Gasteiger partial charge in [-0.05, 0) is 64.8 Å². The summed E-state index contributed by atoms with van der Waals surface area (Å²) in [6.45, 7) is 14.5. The number of hydrogen-bond acceptors (Lipinski definition) is 4. The minimum atomic E-state index is -0.872. The largest absolute Gasteiger partial charge is 0.507 e. The molecule has 1 amide bonds. The van der Waals surface area contributed by atoms with Crippen molar-refractivity contribution in [3.8, 4) is 0 Å². The Bertz CT molecular complexity index is 1300. The Labute approximate surface area is 207 Å². The van der Waals surface area contributed by atoms with Gasteiger partial charge in [0.1, 0.15) is 17.6 Å². The smallest absolute Gasteiger partial charge is 0.300 e. The SMILES string of the molecule is Cc1ccc(C(C)(C)C)cc1/C(O)=C1\C(=O)C(=O)N(c2ccc(C(C)(C)C)cc2)C1c1ccco1. The fourth-order valence-corrected chi connectivity index (χ4v) is 4.43. The third-order valence-corrected chi connectivity index (χ3v) is 6.63. The Kier molecular flexibility index (Phi) is 6.00. The second-order valence-corrected chi connectivity index (χ2v) is 11.3.